The predicted octanol–water partition coefficient (Wildman–Crippen LogP) is 1.41. The molecule has 5 nitrogen and oxygen atoms in total. The Morgan fingerprint density at radius 3 is 2.53 bits per heavy atom. The zero-order valence-electron chi connectivity index (χ0n) is 11.3. The van der Waals surface area contributed by atoms with Crippen LogP contribution in [0.15, 0.2) is 24.3 Å². The van der Waals surface area contributed by atoms with Crippen LogP contribution < -0.4 is 5.73 Å². The van der Waals surface area contributed by atoms with E-state index in [-0.39, 0.29) is 19.0 Å². The highest BCUT2D eigenvalue weighted by Gasteiger charge is 2.04. The third kappa shape index (κ3) is 7.43. The molecule has 0 heterocycles. The number of benzene rings is 1. The van der Waals surface area contributed by atoms with Crippen molar-refractivity contribution in [1.29, 1.82) is 0 Å². The lowest BCUT2D eigenvalue weighted by atomic mass is 10.1. The van der Waals surface area contributed by atoms with E-state index in [9.17, 15) is 4.79 Å². The summed E-state index contributed by atoms with van der Waals surface area (Å²) < 4.78 is 15.2. The second-order valence-corrected chi connectivity index (χ2v) is 4.10. The van der Waals surface area contributed by atoms with E-state index in [1.807, 2.05) is 12.1 Å². The summed E-state index contributed by atoms with van der Waals surface area (Å²) >= 11 is 0. The van der Waals surface area contributed by atoms with Gasteiger partial charge in [0.05, 0.1) is 13.0 Å². The Kier molecular flexibility index (Phi) is 7.62. The third-order valence-corrected chi connectivity index (χ3v) is 2.46. The number of carbonyl (C=O) groups is 1. The molecule has 0 bridgehead atoms. The Morgan fingerprint density at radius 2 is 1.84 bits per heavy atom. The number of rotatable bonds is 9. The molecule has 0 radical (unpaired) electrons. The van der Waals surface area contributed by atoms with Crippen LogP contribution in [0.25, 0.3) is 0 Å². The number of ether oxygens (including phenoxy) is 3. The van der Waals surface area contributed by atoms with Gasteiger partial charge in [0.25, 0.3) is 0 Å². The van der Waals surface area contributed by atoms with E-state index in [0.717, 1.165) is 12.0 Å². The molecule has 0 unspecified atom stereocenters. The minimum absolute atomic E-state index is 0.254. The summed E-state index contributed by atoms with van der Waals surface area (Å²) in [5.41, 5.74) is 7.14. The third-order valence-electron chi connectivity index (χ3n) is 2.46. The fraction of sp³-hybridized carbons (Fsp3) is 0.500. The molecule has 106 valence electrons. The molecule has 0 saturated heterocycles. The van der Waals surface area contributed by atoms with Crippen LogP contribution in [0.5, 0.6) is 0 Å². The second-order valence-electron chi connectivity index (χ2n) is 4.10. The largest absolute Gasteiger partial charge is 0.463 e. The average Bonchev–Trinajstić information content (AvgIpc) is 2.40. The fourth-order valence-corrected chi connectivity index (χ4v) is 1.48. The van der Waals surface area contributed by atoms with E-state index in [2.05, 4.69) is 0 Å². The van der Waals surface area contributed by atoms with E-state index in [0.29, 0.717) is 25.5 Å². The Balaban J connectivity index is 2.06. The quantitative estimate of drug-likeness (QED) is 0.416. The number of nitrogen functional groups attached to an aromatic ring is 1. The van der Waals surface area contributed by atoms with Crippen molar-refractivity contribution >= 4 is 11.7 Å². The molecule has 1 aromatic rings. The summed E-state index contributed by atoms with van der Waals surface area (Å²) in [6.45, 7) is 1.98. The number of hydrogen-bond acceptors (Lipinski definition) is 5. The maximum atomic E-state index is 11.5. The molecule has 2 N–H and O–H groups in total. The lowest BCUT2D eigenvalue weighted by Gasteiger charge is -2.06. The number of hydrogen-bond donors (Lipinski definition) is 1. The van der Waals surface area contributed by atoms with Crippen LogP contribution in [0, 0.1) is 0 Å². The molecular formula is C14H21NO4. The van der Waals surface area contributed by atoms with Gasteiger partial charge in [0.1, 0.15) is 6.61 Å². The van der Waals surface area contributed by atoms with Gasteiger partial charge >= 0.3 is 5.97 Å². The highest BCUT2D eigenvalue weighted by Crippen LogP contribution is 2.06. The maximum absolute atomic E-state index is 11.5. The minimum atomic E-state index is -0.259. The van der Waals surface area contributed by atoms with Crippen molar-refractivity contribution in [2.24, 2.45) is 0 Å². The van der Waals surface area contributed by atoms with Gasteiger partial charge in [-0.3, -0.25) is 4.79 Å². The van der Waals surface area contributed by atoms with Crippen molar-refractivity contribution in [2.75, 3.05) is 39.3 Å². The number of nitrogens with two attached hydrogens (primary N) is 1. The van der Waals surface area contributed by atoms with Gasteiger partial charge in [-0.2, -0.15) is 0 Å². The van der Waals surface area contributed by atoms with Crippen molar-refractivity contribution in [3.63, 3.8) is 0 Å². The molecule has 0 aliphatic heterocycles. The number of carbonyl (C=O) groups excluding carboxylic acids is 1. The zero-order chi connectivity index (χ0) is 13.9. The molecule has 0 aromatic heterocycles. The smallest absolute Gasteiger partial charge is 0.310 e. The molecule has 0 aliphatic carbocycles. The van der Waals surface area contributed by atoms with Gasteiger partial charge in [0.2, 0.25) is 0 Å². The van der Waals surface area contributed by atoms with Gasteiger partial charge in [-0.15, -0.1) is 0 Å². The average molecular weight is 267 g/mol. The topological polar surface area (TPSA) is 70.8 Å². The van der Waals surface area contributed by atoms with Gasteiger partial charge in [-0.25, -0.2) is 0 Å². The predicted molar refractivity (Wildman–Crippen MR) is 72.8 cm³/mol. The van der Waals surface area contributed by atoms with Crippen molar-refractivity contribution in [3.8, 4) is 0 Å². The summed E-state index contributed by atoms with van der Waals surface area (Å²) in [4.78, 5) is 11.5. The Hall–Kier alpha value is -1.59. The molecule has 0 aliphatic rings. The van der Waals surface area contributed by atoms with E-state index in [4.69, 9.17) is 19.9 Å². The molecule has 0 amide bonds. The highest BCUT2D eigenvalue weighted by molar-refractivity contribution is 5.72. The first-order valence-electron chi connectivity index (χ1n) is 6.29. The Bertz CT molecular complexity index is 364. The summed E-state index contributed by atoms with van der Waals surface area (Å²) in [6, 6.07) is 7.17. The molecule has 1 aromatic carbocycles. The first-order chi connectivity index (χ1) is 9.22. The van der Waals surface area contributed by atoms with Gasteiger partial charge < -0.3 is 19.9 Å². The monoisotopic (exact) mass is 267 g/mol. The summed E-state index contributed by atoms with van der Waals surface area (Å²) in [7, 11) is 1.65. The molecular weight excluding hydrogens is 246 g/mol. The van der Waals surface area contributed by atoms with E-state index in [1.165, 1.54) is 0 Å². The van der Waals surface area contributed by atoms with Crippen molar-refractivity contribution in [1.82, 2.24) is 0 Å². The Labute approximate surface area is 113 Å². The molecule has 5 heteroatoms. The second kappa shape index (κ2) is 9.35. The normalized spacial score (nSPS) is 10.4. The van der Waals surface area contributed by atoms with E-state index < -0.39 is 0 Å². The molecule has 19 heavy (non-hydrogen) atoms. The summed E-state index contributed by atoms with van der Waals surface area (Å²) in [5, 5.41) is 0. The van der Waals surface area contributed by atoms with Crippen LogP contribution in [0.2, 0.25) is 0 Å². The van der Waals surface area contributed by atoms with Crippen LogP contribution in [-0.4, -0.2) is 39.5 Å². The molecule has 0 spiro atoms. The van der Waals surface area contributed by atoms with Gasteiger partial charge in [0, 0.05) is 26.0 Å². The number of esters is 1. The minimum Gasteiger partial charge on any atom is -0.463 e. The first kappa shape index (κ1) is 15.5. The standard InChI is InChI=1S/C14H21NO4/c1-17-7-2-8-18-9-10-19-14(16)11-12-3-5-13(15)6-4-12/h3-6H,2,7-11,15H2,1H3. The van der Waals surface area contributed by atoms with Crippen LogP contribution in [0.4, 0.5) is 5.69 Å². The lowest BCUT2D eigenvalue weighted by Crippen LogP contribution is -2.13. The molecule has 0 atom stereocenters. The van der Waals surface area contributed by atoms with Crippen molar-refractivity contribution in [2.45, 2.75) is 12.8 Å². The molecule has 0 saturated carbocycles. The lowest BCUT2D eigenvalue weighted by molar-refractivity contribution is -0.144. The first-order valence-corrected chi connectivity index (χ1v) is 6.29. The molecule has 1 rings (SSSR count). The highest BCUT2D eigenvalue weighted by atomic mass is 16.6. The zero-order valence-corrected chi connectivity index (χ0v) is 11.3. The van der Waals surface area contributed by atoms with Gasteiger partial charge in [-0.1, -0.05) is 12.1 Å². The van der Waals surface area contributed by atoms with Gasteiger partial charge in [0.15, 0.2) is 0 Å². The fourth-order valence-electron chi connectivity index (χ4n) is 1.48. The summed E-state index contributed by atoms with van der Waals surface area (Å²) in [5.74, 6) is -0.259. The van der Waals surface area contributed by atoms with Crippen LogP contribution in [0.1, 0.15) is 12.0 Å². The number of methoxy groups -OCH3 is 1. The number of anilines is 1. The maximum Gasteiger partial charge on any atom is 0.310 e. The van der Waals surface area contributed by atoms with E-state index in [1.54, 1.807) is 19.2 Å². The van der Waals surface area contributed by atoms with Crippen LogP contribution >= 0.6 is 0 Å². The van der Waals surface area contributed by atoms with Gasteiger partial charge in [-0.05, 0) is 24.1 Å². The van der Waals surface area contributed by atoms with Crippen molar-refractivity contribution < 1.29 is 19.0 Å². The molecule has 0 fully saturated rings. The SMILES string of the molecule is COCCCOCCOC(=O)Cc1ccc(N)cc1. The Morgan fingerprint density at radius 1 is 1.11 bits per heavy atom. The summed E-state index contributed by atoms with van der Waals surface area (Å²) in [6.07, 6.45) is 1.10. The van der Waals surface area contributed by atoms with Crippen LogP contribution in [0.3, 0.4) is 0 Å². The van der Waals surface area contributed by atoms with Crippen molar-refractivity contribution in [3.05, 3.63) is 29.8 Å². The van der Waals surface area contributed by atoms with Crippen LogP contribution in [-0.2, 0) is 25.4 Å². The van der Waals surface area contributed by atoms with E-state index >= 15 is 0 Å².